The third-order valence-electron chi connectivity index (χ3n) is 7.53. The Kier molecular flexibility index (Phi) is 3.99. The van der Waals surface area contributed by atoms with Crippen molar-refractivity contribution in [2.45, 2.75) is 50.2 Å². The van der Waals surface area contributed by atoms with Crippen LogP contribution in [0.3, 0.4) is 0 Å². The van der Waals surface area contributed by atoms with Gasteiger partial charge in [0.15, 0.2) is 5.82 Å². The van der Waals surface area contributed by atoms with Gasteiger partial charge in [-0.1, -0.05) is 12.1 Å². The summed E-state index contributed by atoms with van der Waals surface area (Å²) in [6.07, 6.45) is 6.36. The van der Waals surface area contributed by atoms with Crippen LogP contribution >= 0.6 is 0 Å². The molecule has 8 heteroatoms. The average molecular weight is 431 g/mol. The highest BCUT2D eigenvalue weighted by Crippen LogP contribution is 2.78. The Morgan fingerprint density at radius 1 is 1.22 bits per heavy atom. The van der Waals surface area contributed by atoms with Crippen molar-refractivity contribution < 1.29 is 9.84 Å². The average Bonchev–Trinajstić information content (AvgIpc) is 3.68. The van der Waals surface area contributed by atoms with Gasteiger partial charge in [-0.25, -0.2) is 14.6 Å². The van der Waals surface area contributed by atoms with Crippen LogP contribution in [0.4, 0.5) is 5.82 Å². The van der Waals surface area contributed by atoms with Crippen LogP contribution in [-0.2, 0) is 10.2 Å². The quantitative estimate of drug-likeness (QED) is 0.679. The van der Waals surface area contributed by atoms with E-state index in [0.29, 0.717) is 25.5 Å². The summed E-state index contributed by atoms with van der Waals surface area (Å²) in [6, 6.07) is 10.8. The molecule has 164 valence electrons. The molecule has 2 atom stereocenters. The third-order valence-corrected chi connectivity index (χ3v) is 7.53. The maximum Gasteiger partial charge on any atom is 0.159 e. The number of hydrogen-bond acceptors (Lipinski definition) is 7. The van der Waals surface area contributed by atoms with E-state index >= 15 is 0 Å². The molecule has 1 aromatic carbocycles. The molecule has 6 rings (SSSR count). The fourth-order valence-corrected chi connectivity index (χ4v) is 5.23. The van der Waals surface area contributed by atoms with Gasteiger partial charge < -0.3 is 14.7 Å². The molecule has 0 radical (unpaired) electrons. The molecule has 0 amide bonds. The minimum Gasteiger partial charge on any atom is -0.388 e. The summed E-state index contributed by atoms with van der Waals surface area (Å²) in [7, 11) is 0. The Bertz CT molecular complexity index is 1250. The van der Waals surface area contributed by atoms with E-state index in [0.717, 1.165) is 41.5 Å². The van der Waals surface area contributed by atoms with E-state index in [1.165, 1.54) is 0 Å². The van der Waals surface area contributed by atoms with Crippen LogP contribution in [0.2, 0.25) is 0 Å². The molecule has 3 aromatic rings. The SMILES string of the molecule is CC(C)(O)[C@H]1CN(c2cc(-n3ncc4ccc([C@]5(C#N)CC56CC6)cc43)ncn2)CCO1. The number of aromatic nitrogens is 4. The molecule has 3 heterocycles. The van der Waals surface area contributed by atoms with Gasteiger partial charge >= 0.3 is 0 Å². The Morgan fingerprint density at radius 2 is 2.03 bits per heavy atom. The Labute approximate surface area is 186 Å². The van der Waals surface area contributed by atoms with Gasteiger partial charge in [0.1, 0.15) is 18.2 Å². The fraction of sp³-hybridized carbons (Fsp3) is 0.500. The first-order valence-electron chi connectivity index (χ1n) is 11.2. The summed E-state index contributed by atoms with van der Waals surface area (Å²) < 4.78 is 7.58. The highest BCUT2D eigenvalue weighted by molar-refractivity contribution is 5.82. The maximum absolute atomic E-state index is 10.4. The minimum absolute atomic E-state index is 0.218. The van der Waals surface area contributed by atoms with Gasteiger partial charge in [-0.2, -0.15) is 10.4 Å². The number of hydrogen-bond donors (Lipinski definition) is 1. The van der Waals surface area contributed by atoms with Crippen molar-refractivity contribution in [3.8, 4) is 11.9 Å². The number of rotatable bonds is 4. The van der Waals surface area contributed by atoms with Gasteiger partial charge in [-0.15, -0.1) is 0 Å². The highest BCUT2D eigenvalue weighted by Gasteiger charge is 2.75. The molecule has 2 saturated carbocycles. The van der Waals surface area contributed by atoms with E-state index < -0.39 is 5.60 Å². The third kappa shape index (κ3) is 2.85. The van der Waals surface area contributed by atoms with Crippen molar-refractivity contribution >= 4 is 16.7 Å². The van der Waals surface area contributed by atoms with E-state index in [9.17, 15) is 10.4 Å². The molecule has 1 aliphatic heterocycles. The van der Waals surface area contributed by atoms with Gasteiger partial charge in [-0.3, -0.25) is 0 Å². The van der Waals surface area contributed by atoms with Gasteiger partial charge in [0, 0.05) is 24.5 Å². The summed E-state index contributed by atoms with van der Waals surface area (Å²) in [5, 5.41) is 25.9. The molecular formula is C24H26N6O2. The lowest BCUT2D eigenvalue weighted by Gasteiger charge is -2.39. The standard InChI is InChI=1S/C24H26N6O2/c1-22(2,31)19-12-29(7-8-32-19)20-10-21(27-15-26-20)30-18-9-17(4-3-16(18)11-28-30)24(14-25)13-23(24)5-6-23/h3-4,9-11,15,19,31H,5-8,12-13H2,1-2H3/t19-,24-/m1/s1. The van der Waals surface area contributed by atoms with Gasteiger partial charge in [0.25, 0.3) is 0 Å². The second-order valence-electron chi connectivity index (χ2n) is 10.00. The summed E-state index contributed by atoms with van der Waals surface area (Å²) in [6.45, 7) is 5.30. The lowest BCUT2D eigenvalue weighted by atomic mass is 9.93. The first-order valence-corrected chi connectivity index (χ1v) is 11.2. The first-order chi connectivity index (χ1) is 15.4. The highest BCUT2D eigenvalue weighted by atomic mass is 16.5. The van der Waals surface area contributed by atoms with Crippen molar-refractivity contribution in [1.29, 1.82) is 5.26 Å². The maximum atomic E-state index is 10.4. The molecule has 2 aliphatic carbocycles. The molecule has 2 aromatic heterocycles. The smallest absolute Gasteiger partial charge is 0.159 e. The van der Waals surface area contributed by atoms with Crippen molar-refractivity contribution in [3.63, 3.8) is 0 Å². The topological polar surface area (TPSA) is 100 Å². The molecule has 1 spiro atoms. The molecule has 8 nitrogen and oxygen atoms in total. The monoisotopic (exact) mass is 430 g/mol. The largest absolute Gasteiger partial charge is 0.388 e. The number of anilines is 1. The van der Waals surface area contributed by atoms with Crippen molar-refractivity contribution in [3.05, 3.63) is 42.4 Å². The Morgan fingerprint density at radius 3 is 2.75 bits per heavy atom. The normalized spacial score (nSPS) is 26.3. The van der Waals surface area contributed by atoms with Crippen molar-refractivity contribution in [2.24, 2.45) is 5.41 Å². The van der Waals surface area contributed by atoms with E-state index in [2.05, 4.69) is 44.2 Å². The lowest BCUT2D eigenvalue weighted by molar-refractivity contribution is -0.0929. The molecule has 0 unspecified atom stereocenters. The second-order valence-corrected chi connectivity index (χ2v) is 10.00. The zero-order valence-electron chi connectivity index (χ0n) is 18.3. The zero-order valence-corrected chi connectivity index (χ0v) is 18.3. The summed E-state index contributed by atoms with van der Waals surface area (Å²) in [5.74, 6) is 1.45. The van der Waals surface area contributed by atoms with Crippen LogP contribution in [0.5, 0.6) is 0 Å². The van der Waals surface area contributed by atoms with Crippen molar-refractivity contribution in [1.82, 2.24) is 19.7 Å². The van der Waals surface area contributed by atoms with E-state index in [-0.39, 0.29) is 16.9 Å². The van der Waals surface area contributed by atoms with Gasteiger partial charge in [0.05, 0.1) is 35.4 Å². The number of nitriles is 1. The van der Waals surface area contributed by atoms with E-state index in [1.807, 2.05) is 16.9 Å². The van der Waals surface area contributed by atoms with Crippen LogP contribution in [0, 0.1) is 16.7 Å². The number of fused-ring (bicyclic) bond motifs is 1. The lowest BCUT2D eigenvalue weighted by Crippen LogP contribution is -2.52. The molecule has 1 saturated heterocycles. The number of aliphatic hydroxyl groups is 1. The Hall–Kier alpha value is -3.02. The summed E-state index contributed by atoms with van der Waals surface area (Å²) in [4.78, 5) is 11.1. The number of nitrogens with zero attached hydrogens (tertiary/aromatic N) is 6. The van der Waals surface area contributed by atoms with Gasteiger partial charge in [-0.05, 0) is 50.2 Å². The van der Waals surface area contributed by atoms with Crippen LogP contribution in [-0.4, -0.2) is 56.3 Å². The van der Waals surface area contributed by atoms with Crippen LogP contribution in [0.25, 0.3) is 16.7 Å². The molecule has 3 fully saturated rings. The molecule has 1 N–H and O–H groups in total. The van der Waals surface area contributed by atoms with Gasteiger partial charge in [0.2, 0.25) is 0 Å². The predicted molar refractivity (Wildman–Crippen MR) is 118 cm³/mol. The fourth-order valence-electron chi connectivity index (χ4n) is 5.23. The van der Waals surface area contributed by atoms with E-state index in [1.54, 1.807) is 20.2 Å². The number of morpholine rings is 1. The number of ether oxygens (including phenoxy) is 1. The predicted octanol–water partition coefficient (Wildman–Crippen LogP) is 2.74. The molecule has 0 bridgehead atoms. The first kappa shape index (κ1) is 19.6. The summed E-state index contributed by atoms with van der Waals surface area (Å²) in [5.41, 5.74) is 0.979. The van der Waals surface area contributed by atoms with Crippen LogP contribution in [0.1, 0.15) is 38.7 Å². The minimum atomic E-state index is -0.929. The van der Waals surface area contributed by atoms with Crippen LogP contribution in [0.15, 0.2) is 36.8 Å². The van der Waals surface area contributed by atoms with Crippen molar-refractivity contribution in [2.75, 3.05) is 24.6 Å². The zero-order chi connectivity index (χ0) is 22.1. The van der Waals surface area contributed by atoms with E-state index in [4.69, 9.17) is 4.74 Å². The molecular weight excluding hydrogens is 404 g/mol. The second kappa shape index (κ2) is 6.50. The Balaban J connectivity index is 1.35. The number of benzene rings is 1. The van der Waals surface area contributed by atoms with Crippen LogP contribution < -0.4 is 4.90 Å². The molecule has 3 aliphatic rings. The summed E-state index contributed by atoms with van der Waals surface area (Å²) >= 11 is 0. The molecule has 32 heavy (non-hydrogen) atoms.